The Balaban J connectivity index is 1.90. The van der Waals surface area contributed by atoms with Gasteiger partial charge in [0.2, 0.25) is 0 Å². The molecule has 0 heterocycles. The van der Waals surface area contributed by atoms with Gasteiger partial charge >= 0.3 is 5.97 Å². The van der Waals surface area contributed by atoms with Crippen molar-refractivity contribution in [2.75, 3.05) is 19.0 Å². The predicted octanol–water partition coefficient (Wildman–Crippen LogP) is 3.11. The summed E-state index contributed by atoms with van der Waals surface area (Å²) in [5.41, 5.74) is 1.31. The number of esters is 1. The van der Waals surface area contributed by atoms with E-state index in [-0.39, 0.29) is 11.4 Å². The number of para-hydroxylation sites is 1. The van der Waals surface area contributed by atoms with Crippen LogP contribution in [0.5, 0.6) is 5.75 Å². The highest BCUT2D eigenvalue weighted by molar-refractivity contribution is 5.95. The third-order valence-electron chi connectivity index (χ3n) is 3.57. The lowest BCUT2D eigenvalue weighted by atomic mass is 10.2. The van der Waals surface area contributed by atoms with Gasteiger partial charge in [-0.25, -0.2) is 4.79 Å². The van der Waals surface area contributed by atoms with Gasteiger partial charge in [-0.3, -0.25) is 14.9 Å². The summed E-state index contributed by atoms with van der Waals surface area (Å²) >= 11 is 0. The molecular formula is C19H18N2O6. The minimum Gasteiger partial charge on any atom is -0.496 e. The highest BCUT2D eigenvalue weighted by atomic mass is 16.6. The molecule has 27 heavy (non-hydrogen) atoms. The van der Waals surface area contributed by atoms with Crippen LogP contribution in [0.25, 0.3) is 6.08 Å². The highest BCUT2D eigenvalue weighted by Gasteiger charge is 2.13. The molecule has 1 amide bonds. The van der Waals surface area contributed by atoms with Gasteiger partial charge in [0.05, 0.1) is 12.0 Å². The molecule has 1 N–H and O–H groups in total. The van der Waals surface area contributed by atoms with Gasteiger partial charge in [-0.15, -0.1) is 0 Å². The number of hydrogen-bond acceptors (Lipinski definition) is 6. The quantitative estimate of drug-likeness (QED) is 0.347. The fraction of sp³-hybridized carbons (Fsp3) is 0.158. The van der Waals surface area contributed by atoms with E-state index in [2.05, 4.69) is 5.32 Å². The van der Waals surface area contributed by atoms with Crippen molar-refractivity contribution >= 4 is 29.3 Å². The van der Waals surface area contributed by atoms with Crippen LogP contribution in [-0.4, -0.2) is 30.5 Å². The summed E-state index contributed by atoms with van der Waals surface area (Å²) in [5, 5.41) is 13.4. The summed E-state index contributed by atoms with van der Waals surface area (Å²) in [6.45, 7) is 1.08. The van der Waals surface area contributed by atoms with Crippen LogP contribution in [0.1, 0.15) is 11.1 Å². The molecule has 0 aromatic heterocycles. The lowest BCUT2D eigenvalue weighted by Gasteiger charge is -2.06. The molecule has 0 atom stereocenters. The number of carbonyl (C=O) groups is 2. The Morgan fingerprint density at radius 2 is 1.96 bits per heavy atom. The van der Waals surface area contributed by atoms with Crippen LogP contribution in [0, 0.1) is 17.0 Å². The minimum atomic E-state index is -0.703. The molecular weight excluding hydrogens is 352 g/mol. The number of nitrogens with one attached hydrogen (secondary N) is 1. The number of methoxy groups -OCH3 is 1. The second-order valence-corrected chi connectivity index (χ2v) is 5.49. The molecule has 0 aliphatic heterocycles. The van der Waals surface area contributed by atoms with E-state index in [0.717, 1.165) is 0 Å². The van der Waals surface area contributed by atoms with Gasteiger partial charge in [0.25, 0.3) is 11.6 Å². The Bertz CT molecular complexity index is 892. The zero-order valence-corrected chi connectivity index (χ0v) is 14.8. The summed E-state index contributed by atoms with van der Waals surface area (Å²) in [5.74, 6) is -0.710. The fourth-order valence-corrected chi connectivity index (χ4v) is 2.23. The number of amides is 1. The van der Waals surface area contributed by atoms with Crippen molar-refractivity contribution in [3.8, 4) is 5.75 Å². The number of aryl methyl sites for hydroxylation is 1. The highest BCUT2D eigenvalue weighted by Crippen LogP contribution is 2.22. The maximum Gasteiger partial charge on any atom is 0.331 e. The number of nitro benzene ring substituents is 1. The van der Waals surface area contributed by atoms with E-state index in [0.29, 0.717) is 16.9 Å². The summed E-state index contributed by atoms with van der Waals surface area (Å²) in [7, 11) is 1.52. The molecule has 0 aliphatic carbocycles. The Labute approximate surface area is 155 Å². The van der Waals surface area contributed by atoms with Crippen molar-refractivity contribution in [1.29, 1.82) is 0 Å². The van der Waals surface area contributed by atoms with Gasteiger partial charge < -0.3 is 14.8 Å². The lowest BCUT2D eigenvalue weighted by molar-refractivity contribution is -0.385. The van der Waals surface area contributed by atoms with Crippen molar-refractivity contribution in [2.45, 2.75) is 6.92 Å². The molecule has 2 aromatic carbocycles. The normalized spacial score (nSPS) is 10.4. The second kappa shape index (κ2) is 9.14. The number of nitro groups is 1. The second-order valence-electron chi connectivity index (χ2n) is 5.49. The molecule has 0 unspecified atom stereocenters. The third kappa shape index (κ3) is 5.67. The Kier molecular flexibility index (Phi) is 6.65. The first-order valence-corrected chi connectivity index (χ1v) is 7.93. The van der Waals surface area contributed by atoms with Crippen molar-refractivity contribution in [2.24, 2.45) is 0 Å². The largest absolute Gasteiger partial charge is 0.496 e. The first kappa shape index (κ1) is 19.6. The molecule has 0 bridgehead atoms. The van der Waals surface area contributed by atoms with E-state index in [1.165, 1.54) is 37.5 Å². The maximum atomic E-state index is 11.9. The minimum absolute atomic E-state index is 0.107. The molecule has 0 saturated heterocycles. The molecule has 8 heteroatoms. The van der Waals surface area contributed by atoms with E-state index < -0.39 is 23.4 Å². The van der Waals surface area contributed by atoms with E-state index >= 15 is 0 Å². The van der Waals surface area contributed by atoms with Gasteiger partial charge in [-0.2, -0.15) is 0 Å². The van der Waals surface area contributed by atoms with E-state index in [4.69, 9.17) is 9.47 Å². The zero-order valence-electron chi connectivity index (χ0n) is 14.8. The van der Waals surface area contributed by atoms with Gasteiger partial charge in [0.1, 0.15) is 5.75 Å². The first-order valence-electron chi connectivity index (χ1n) is 7.93. The molecule has 8 nitrogen and oxygen atoms in total. The summed E-state index contributed by atoms with van der Waals surface area (Å²) in [6.07, 6.45) is 2.70. The van der Waals surface area contributed by atoms with Gasteiger partial charge in [-0.05, 0) is 25.1 Å². The molecule has 2 rings (SSSR count). The zero-order chi connectivity index (χ0) is 19.8. The Morgan fingerprint density at radius 1 is 1.22 bits per heavy atom. The molecule has 0 fully saturated rings. The van der Waals surface area contributed by atoms with E-state index in [1.807, 2.05) is 0 Å². The van der Waals surface area contributed by atoms with E-state index in [9.17, 15) is 19.7 Å². The van der Waals surface area contributed by atoms with Crippen LogP contribution in [0.2, 0.25) is 0 Å². The number of carbonyl (C=O) groups excluding carboxylic acids is 2. The molecule has 140 valence electrons. The van der Waals surface area contributed by atoms with Crippen LogP contribution in [0.4, 0.5) is 11.4 Å². The lowest BCUT2D eigenvalue weighted by Crippen LogP contribution is -2.20. The Hall–Kier alpha value is -3.68. The van der Waals surface area contributed by atoms with Crippen LogP contribution >= 0.6 is 0 Å². The first-order chi connectivity index (χ1) is 12.9. The van der Waals surface area contributed by atoms with Crippen LogP contribution in [-0.2, 0) is 14.3 Å². The number of anilines is 1. The summed E-state index contributed by atoms with van der Waals surface area (Å²) < 4.78 is 10.0. The van der Waals surface area contributed by atoms with Crippen molar-refractivity contribution in [1.82, 2.24) is 0 Å². The van der Waals surface area contributed by atoms with Crippen LogP contribution < -0.4 is 10.1 Å². The van der Waals surface area contributed by atoms with Crippen LogP contribution in [0.3, 0.4) is 0 Å². The van der Waals surface area contributed by atoms with Gasteiger partial charge in [0.15, 0.2) is 6.61 Å². The fourth-order valence-electron chi connectivity index (χ4n) is 2.23. The van der Waals surface area contributed by atoms with Crippen molar-refractivity contribution < 1.29 is 24.0 Å². The molecule has 0 spiro atoms. The SMILES string of the molecule is COc1ccccc1C=CC(=O)OCC(=O)Nc1ccc(C)c([N+](=O)[O-])c1. The number of hydrogen-bond donors (Lipinski definition) is 1. The average molecular weight is 370 g/mol. The number of ether oxygens (including phenoxy) is 2. The topological polar surface area (TPSA) is 108 Å². The van der Waals surface area contributed by atoms with Crippen LogP contribution in [0.15, 0.2) is 48.5 Å². The molecule has 0 saturated carbocycles. The molecule has 0 radical (unpaired) electrons. The summed E-state index contributed by atoms with van der Waals surface area (Å²) in [6, 6.07) is 11.4. The third-order valence-corrected chi connectivity index (χ3v) is 3.57. The van der Waals surface area contributed by atoms with Gasteiger partial charge in [-0.1, -0.05) is 24.3 Å². The summed E-state index contributed by atoms with van der Waals surface area (Å²) in [4.78, 5) is 34.0. The predicted molar refractivity (Wildman–Crippen MR) is 99.5 cm³/mol. The molecule has 2 aromatic rings. The number of rotatable bonds is 7. The van der Waals surface area contributed by atoms with Crippen molar-refractivity contribution in [3.63, 3.8) is 0 Å². The maximum absolute atomic E-state index is 11.9. The number of nitrogens with zero attached hydrogens (tertiary/aromatic N) is 1. The monoisotopic (exact) mass is 370 g/mol. The Morgan fingerprint density at radius 3 is 2.67 bits per heavy atom. The number of benzene rings is 2. The average Bonchev–Trinajstić information content (AvgIpc) is 2.66. The van der Waals surface area contributed by atoms with Crippen molar-refractivity contribution in [3.05, 3.63) is 69.8 Å². The van der Waals surface area contributed by atoms with Gasteiger partial charge in [0, 0.05) is 29.0 Å². The molecule has 0 aliphatic rings. The standard InChI is InChI=1S/C19H18N2O6/c1-13-7-9-15(11-16(13)21(24)25)20-18(22)12-27-19(23)10-8-14-5-3-4-6-17(14)26-2/h3-11H,12H2,1-2H3,(H,20,22). The smallest absolute Gasteiger partial charge is 0.331 e. The van der Waals surface area contributed by atoms with E-state index in [1.54, 1.807) is 31.2 Å².